The molecule has 0 saturated carbocycles. The molecule has 1 aromatic carbocycles. The molecule has 0 radical (unpaired) electrons. The summed E-state index contributed by atoms with van der Waals surface area (Å²) < 4.78 is 5.16. The molecule has 0 spiro atoms. The molecule has 0 fully saturated rings. The zero-order valence-electron chi connectivity index (χ0n) is 12.3. The third kappa shape index (κ3) is 4.91. The Morgan fingerprint density at radius 2 is 1.90 bits per heavy atom. The molecule has 0 amide bonds. The monoisotopic (exact) mass is 301 g/mol. The van der Waals surface area contributed by atoms with Crippen molar-refractivity contribution in [2.24, 2.45) is 0 Å². The van der Waals surface area contributed by atoms with Gasteiger partial charge in [-0.2, -0.15) is 0 Å². The van der Waals surface area contributed by atoms with Gasteiger partial charge in [-0.15, -0.1) is 11.3 Å². The molecule has 0 aliphatic heterocycles. The summed E-state index contributed by atoms with van der Waals surface area (Å²) in [4.78, 5) is 4.53. The van der Waals surface area contributed by atoms with Crippen molar-refractivity contribution in [1.82, 2.24) is 4.90 Å². The van der Waals surface area contributed by atoms with Crippen molar-refractivity contribution < 1.29 is 9.84 Å². The van der Waals surface area contributed by atoms with Gasteiger partial charge in [0, 0.05) is 18.0 Å². The minimum absolute atomic E-state index is 0.0927. The molecule has 110 valence electrons. The van der Waals surface area contributed by atoms with Gasteiger partial charge in [-0.3, -0.25) is 4.90 Å². The van der Waals surface area contributed by atoms with Gasteiger partial charge in [0.15, 0.2) is 0 Å². The van der Waals surface area contributed by atoms with Crippen molar-refractivity contribution in [2.45, 2.75) is 13.1 Å². The van der Waals surface area contributed by atoms with E-state index in [4.69, 9.17) is 9.84 Å². The number of thiophene rings is 1. The van der Waals surface area contributed by atoms with Crippen molar-refractivity contribution in [1.29, 1.82) is 0 Å². The molecular weight excluding hydrogens is 282 g/mol. The van der Waals surface area contributed by atoms with E-state index < -0.39 is 0 Å². The van der Waals surface area contributed by atoms with Gasteiger partial charge in [0.05, 0.1) is 12.0 Å². The van der Waals surface area contributed by atoms with Crippen LogP contribution in [0.25, 0.3) is 0 Å². The van der Waals surface area contributed by atoms with Crippen molar-refractivity contribution in [2.75, 3.05) is 20.8 Å². The highest BCUT2D eigenvalue weighted by Crippen LogP contribution is 2.18. The standard InChI is InChI=1S/C17H19NO2S/c1-18(12-14-5-7-15(20-2)8-6-14)13-17-10-9-16(21-17)4-3-11-19/h5-10,19H,11-13H2,1-2H3. The second kappa shape index (κ2) is 7.84. The lowest BCUT2D eigenvalue weighted by Gasteiger charge is -2.15. The quantitative estimate of drug-likeness (QED) is 0.862. The highest BCUT2D eigenvalue weighted by Gasteiger charge is 2.04. The Balaban J connectivity index is 1.91. The van der Waals surface area contributed by atoms with Crippen molar-refractivity contribution in [3.05, 3.63) is 51.7 Å². The molecule has 0 aliphatic carbocycles. The molecule has 21 heavy (non-hydrogen) atoms. The van der Waals surface area contributed by atoms with E-state index in [2.05, 4.69) is 42.0 Å². The van der Waals surface area contributed by atoms with Crippen LogP contribution in [0.1, 0.15) is 15.3 Å². The van der Waals surface area contributed by atoms with Crippen molar-refractivity contribution >= 4 is 11.3 Å². The summed E-state index contributed by atoms with van der Waals surface area (Å²) in [7, 11) is 3.78. The first kappa shape index (κ1) is 15.6. The summed E-state index contributed by atoms with van der Waals surface area (Å²) in [6.07, 6.45) is 0. The zero-order chi connectivity index (χ0) is 15.1. The molecule has 2 aromatic rings. The number of nitrogens with zero attached hydrogens (tertiary/aromatic N) is 1. The number of aliphatic hydroxyl groups excluding tert-OH is 1. The predicted octanol–water partition coefficient (Wildman–Crippen LogP) is 2.73. The Bertz CT molecular complexity index is 622. The first-order chi connectivity index (χ1) is 10.2. The van der Waals surface area contributed by atoms with Gasteiger partial charge in [0.2, 0.25) is 0 Å². The highest BCUT2D eigenvalue weighted by molar-refractivity contribution is 7.12. The fraction of sp³-hybridized carbons (Fsp3) is 0.294. The summed E-state index contributed by atoms with van der Waals surface area (Å²) in [5.74, 6) is 6.49. The first-order valence-electron chi connectivity index (χ1n) is 6.71. The van der Waals surface area contributed by atoms with Crippen LogP contribution in [0, 0.1) is 11.8 Å². The summed E-state index contributed by atoms with van der Waals surface area (Å²) in [6.45, 7) is 1.68. The Hall–Kier alpha value is -1.80. The summed E-state index contributed by atoms with van der Waals surface area (Å²) >= 11 is 1.67. The van der Waals surface area contributed by atoms with Gasteiger partial charge in [0.25, 0.3) is 0 Å². The lowest BCUT2D eigenvalue weighted by atomic mass is 10.2. The van der Waals surface area contributed by atoms with E-state index in [0.29, 0.717) is 0 Å². The number of hydrogen-bond acceptors (Lipinski definition) is 4. The predicted molar refractivity (Wildman–Crippen MR) is 86.4 cm³/mol. The molecule has 0 bridgehead atoms. The van der Waals surface area contributed by atoms with Crippen LogP contribution in [0.15, 0.2) is 36.4 Å². The van der Waals surface area contributed by atoms with Gasteiger partial charge in [0.1, 0.15) is 12.4 Å². The zero-order valence-corrected chi connectivity index (χ0v) is 13.1. The minimum Gasteiger partial charge on any atom is -0.497 e. The van der Waals surface area contributed by atoms with E-state index in [9.17, 15) is 0 Å². The fourth-order valence-corrected chi connectivity index (χ4v) is 2.98. The molecule has 1 N–H and O–H groups in total. The second-order valence-electron chi connectivity index (χ2n) is 4.75. The number of benzene rings is 1. The van der Waals surface area contributed by atoms with Crippen LogP contribution in [0.5, 0.6) is 5.75 Å². The number of aliphatic hydroxyl groups is 1. The van der Waals surface area contributed by atoms with Crippen LogP contribution in [-0.4, -0.2) is 30.8 Å². The third-order valence-electron chi connectivity index (χ3n) is 2.99. The van der Waals surface area contributed by atoms with Crippen LogP contribution in [0.3, 0.4) is 0 Å². The smallest absolute Gasteiger partial charge is 0.118 e. The maximum Gasteiger partial charge on any atom is 0.118 e. The molecule has 0 saturated heterocycles. The summed E-state index contributed by atoms with van der Waals surface area (Å²) in [6, 6.07) is 12.2. The molecule has 3 nitrogen and oxygen atoms in total. The van der Waals surface area contributed by atoms with Crippen LogP contribution < -0.4 is 4.74 Å². The molecule has 0 unspecified atom stereocenters. The molecule has 0 aliphatic rings. The van der Waals surface area contributed by atoms with E-state index in [1.54, 1.807) is 18.4 Å². The lowest BCUT2D eigenvalue weighted by Crippen LogP contribution is -2.16. The third-order valence-corrected chi connectivity index (χ3v) is 3.98. The van der Waals surface area contributed by atoms with E-state index in [1.165, 1.54) is 10.4 Å². The van der Waals surface area contributed by atoms with Crippen LogP contribution in [-0.2, 0) is 13.1 Å². The Morgan fingerprint density at radius 3 is 2.57 bits per heavy atom. The minimum atomic E-state index is -0.0927. The molecule has 4 heteroatoms. The summed E-state index contributed by atoms with van der Waals surface area (Å²) in [5, 5.41) is 8.70. The maximum absolute atomic E-state index is 8.70. The molecule has 1 heterocycles. The van der Waals surface area contributed by atoms with Gasteiger partial charge < -0.3 is 9.84 Å². The first-order valence-corrected chi connectivity index (χ1v) is 7.53. The van der Waals surface area contributed by atoms with Gasteiger partial charge in [-0.1, -0.05) is 24.0 Å². The van der Waals surface area contributed by atoms with Gasteiger partial charge in [-0.25, -0.2) is 0 Å². The van der Waals surface area contributed by atoms with E-state index in [0.717, 1.165) is 23.7 Å². The van der Waals surface area contributed by atoms with Crippen molar-refractivity contribution in [3.8, 4) is 17.6 Å². The summed E-state index contributed by atoms with van der Waals surface area (Å²) in [5.41, 5.74) is 1.26. The second-order valence-corrected chi connectivity index (χ2v) is 5.91. The molecule has 2 rings (SSSR count). The molecule has 1 aromatic heterocycles. The Morgan fingerprint density at radius 1 is 1.14 bits per heavy atom. The average Bonchev–Trinajstić information content (AvgIpc) is 2.93. The number of rotatable bonds is 5. The van der Waals surface area contributed by atoms with Crippen molar-refractivity contribution in [3.63, 3.8) is 0 Å². The maximum atomic E-state index is 8.70. The van der Waals surface area contributed by atoms with Gasteiger partial charge >= 0.3 is 0 Å². The number of methoxy groups -OCH3 is 1. The fourth-order valence-electron chi connectivity index (χ4n) is 2.02. The van der Waals surface area contributed by atoms with Crippen LogP contribution in [0.2, 0.25) is 0 Å². The lowest BCUT2D eigenvalue weighted by molar-refractivity contribution is 0.321. The topological polar surface area (TPSA) is 32.7 Å². The largest absolute Gasteiger partial charge is 0.497 e. The van der Waals surface area contributed by atoms with Crippen LogP contribution in [0.4, 0.5) is 0 Å². The van der Waals surface area contributed by atoms with E-state index >= 15 is 0 Å². The van der Waals surface area contributed by atoms with E-state index in [-0.39, 0.29) is 6.61 Å². The Labute approximate surface area is 129 Å². The molecule has 0 atom stereocenters. The highest BCUT2D eigenvalue weighted by atomic mass is 32.1. The average molecular weight is 301 g/mol. The SMILES string of the molecule is COc1ccc(CN(C)Cc2ccc(C#CCO)s2)cc1. The number of hydrogen-bond donors (Lipinski definition) is 1. The van der Waals surface area contributed by atoms with Gasteiger partial charge in [-0.05, 0) is 36.9 Å². The molecular formula is C17H19NO2S. The number of ether oxygens (including phenoxy) is 1. The Kier molecular flexibility index (Phi) is 5.82. The van der Waals surface area contributed by atoms with Crippen LogP contribution >= 0.6 is 11.3 Å². The normalized spacial score (nSPS) is 10.3. The van der Waals surface area contributed by atoms with E-state index in [1.807, 2.05) is 18.2 Å².